The van der Waals surface area contributed by atoms with Gasteiger partial charge in [0.15, 0.2) is 6.10 Å². The predicted molar refractivity (Wildman–Crippen MR) is 15.8 cm³/mol. The summed E-state index contributed by atoms with van der Waals surface area (Å²) in [7, 11) is 0. The fourth-order valence-electron chi connectivity index (χ4n) is 0.279. The number of ether oxygens (including phenoxy) is 1. The zero-order valence-electron chi connectivity index (χ0n) is 3.27. The molecule has 2 atom stereocenters. The van der Waals surface area contributed by atoms with E-state index in [1.807, 2.05) is 0 Å². The van der Waals surface area contributed by atoms with E-state index in [1.165, 1.54) is 0 Å². The summed E-state index contributed by atoms with van der Waals surface area (Å²) in [6, 6.07) is 0. The molecule has 1 heterocycles. The van der Waals surface area contributed by atoms with Crippen LogP contribution in [0.1, 0.15) is 0 Å². The number of epoxide rings is 1. The van der Waals surface area contributed by atoms with Gasteiger partial charge in [-0.25, -0.2) is 13.2 Å². The molecule has 42 valence electrons. The maximum absolute atomic E-state index is 11.3. The summed E-state index contributed by atoms with van der Waals surface area (Å²) >= 11 is 0. The Bertz CT molecular complexity index is 74.6. The van der Waals surface area contributed by atoms with Gasteiger partial charge in [0.05, 0.1) is 0 Å². The van der Waals surface area contributed by atoms with Gasteiger partial charge in [-0.1, -0.05) is 0 Å². The number of rotatable bonds is 1. The SMILES string of the molecule is FC(F)C1OC1F. The summed E-state index contributed by atoms with van der Waals surface area (Å²) in [5.41, 5.74) is 0. The van der Waals surface area contributed by atoms with Crippen LogP contribution in [0.2, 0.25) is 0 Å². The molecule has 0 aromatic carbocycles. The van der Waals surface area contributed by atoms with E-state index in [4.69, 9.17) is 0 Å². The summed E-state index contributed by atoms with van der Waals surface area (Å²) in [5.74, 6) is 0. The molecule has 0 aliphatic carbocycles. The van der Waals surface area contributed by atoms with Crippen LogP contribution in [-0.4, -0.2) is 18.9 Å². The zero-order valence-corrected chi connectivity index (χ0v) is 3.27. The lowest BCUT2D eigenvalue weighted by molar-refractivity contribution is 0.108. The van der Waals surface area contributed by atoms with Gasteiger partial charge >= 0.3 is 0 Å². The molecular weight excluding hydrogens is 109 g/mol. The minimum absolute atomic E-state index is 1.43. The highest BCUT2D eigenvalue weighted by Gasteiger charge is 2.46. The molecule has 0 spiro atoms. The molecule has 1 rings (SSSR count). The van der Waals surface area contributed by atoms with E-state index < -0.39 is 18.9 Å². The van der Waals surface area contributed by atoms with Crippen LogP contribution in [-0.2, 0) is 4.74 Å². The van der Waals surface area contributed by atoms with Crippen LogP contribution >= 0.6 is 0 Å². The molecule has 1 aliphatic heterocycles. The molecule has 1 nitrogen and oxygen atoms in total. The second-order valence-corrected chi connectivity index (χ2v) is 1.29. The minimum atomic E-state index is -2.66. The molecule has 0 N–H and O–H groups in total. The van der Waals surface area contributed by atoms with Crippen LogP contribution in [0.15, 0.2) is 0 Å². The molecule has 0 bridgehead atoms. The predicted octanol–water partition coefficient (Wildman–Crippen LogP) is 0.946. The Morgan fingerprint density at radius 1 is 1.43 bits per heavy atom. The van der Waals surface area contributed by atoms with Crippen molar-refractivity contribution in [3.05, 3.63) is 0 Å². The highest BCUT2D eigenvalue weighted by molar-refractivity contribution is 4.77. The number of halogens is 3. The van der Waals surface area contributed by atoms with E-state index in [1.54, 1.807) is 0 Å². The number of alkyl halides is 3. The highest BCUT2D eigenvalue weighted by Crippen LogP contribution is 2.28. The van der Waals surface area contributed by atoms with Crippen LogP contribution in [0.5, 0.6) is 0 Å². The van der Waals surface area contributed by atoms with Crippen molar-refractivity contribution < 1.29 is 17.9 Å². The lowest BCUT2D eigenvalue weighted by Gasteiger charge is -1.82. The molecule has 4 heteroatoms. The Labute approximate surface area is 38.1 Å². The van der Waals surface area contributed by atoms with E-state index in [0.29, 0.717) is 0 Å². The standard InChI is InChI=1S/C3H3F3O/c4-2(5)1-3(6)7-1/h1-3H. The summed E-state index contributed by atoms with van der Waals surface area (Å²) in [4.78, 5) is 0. The van der Waals surface area contributed by atoms with Crippen molar-refractivity contribution in [1.82, 2.24) is 0 Å². The summed E-state index contributed by atoms with van der Waals surface area (Å²) < 4.78 is 37.3. The van der Waals surface area contributed by atoms with E-state index in [2.05, 4.69) is 4.74 Å². The summed E-state index contributed by atoms with van der Waals surface area (Å²) in [6.07, 6.45) is -5.80. The Morgan fingerprint density at radius 2 is 1.86 bits per heavy atom. The molecule has 1 fully saturated rings. The quantitative estimate of drug-likeness (QED) is 0.460. The first-order valence-electron chi connectivity index (χ1n) is 1.79. The van der Waals surface area contributed by atoms with Crippen molar-refractivity contribution in [2.45, 2.75) is 18.9 Å². The van der Waals surface area contributed by atoms with Gasteiger partial charge in [0, 0.05) is 0 Å². The topological polar surface area (TPSA) is 12.5 Å². The van der Waals surface area contributed by atoms with Crippen LogP contribution < -0.4 is 0 Å². The molecule has 1 saturated heterocycles. The Kier molecular flexibility index (Phi) is 0.955. The van der Waals surface area contributed by atoms with Crippen molar-refractivity contribution in [3.63, 3.8) is 0 Å². The monoisotopic (exact) mass is 112 g/mol. The van der Waals surface area contributed by atoms with Gasteiger partial charge in [-0.15, -0.1) is 0 Å². The summed E-state index contributed by atoms with van der Waals surface area (Å²) in [5, 5.41) is 0. The number of hydrogen-bond donors (Lipinski definition) is 0. The second kappa shape index (κ2) is 1.36. The third-order valence-electron chi connectivity index (χ3n) is 0.717. The lowest BCUT2D eigenvalue weighted by atomic mass is 10.5. The van der Waals surface area contributed by atoms with E-state index in [9.17, 15) is 13.2 Å². The zero-order chi connectivity index (χ0) is 5.44. The fraction of sp³-hybridized carbons (Fsp3) is 1.00. The molecule has 0 saturated carbocycles. The van der Waals surface area contributed by atoms with Crippen molar-refractivity contribution in [1.29, 1.82) is 0 Å². The molecule has 1 aliphatic rings. The molecular formula is C3H3F3O. The largest absolute Gasteiger partial charge is 0.331 e. The lowest BCUT2D eigenvalue weighted by Crippen LogP contribution is -2.01. The highest BCUT2D eigenvalue weighted by atomic mass is 19.3. The minimum Gasteiger partial charge on any atom is -0.331 e. The van der Waals surface area contributed by atoms with Gasteiger partial charge in [0.2, 0.25) is 6.36 Å². The smallest absolute Gasteiger partial charge is 0.269 e. The average molecular weight is 112 g/mol. The van der Waals surface area contributed by atoms with Crippen LogP contribution in [0.3, 0.4) is 0 Å². The maximum Gasteiger partial charge on any atom is 0.269 e. The van der Waals surface area contributed by atoms with Crippen LogP contribution in [0, 0.1) is 0 Å². The van der Waals surface area contributed by atoms with E-state index in [0.717, 1.165) is 0 Å². The molecule has 0 aromatic heterocycles. The van der Waals surface area contributed by atoms with Gasteiger partial charge < -0.3 is 4.74 Å². The van der Waals surface area contributed by atoms with Gasteiger partial charge in [-0.2, -0.15) is 0 Å². The third-order valence-corrected chi connectivity index (χ3v) is 0.717. The van der Waals surface area contributed by atoms with E-state index >= 15 is 0 Å². The molecule has 0 radical (unpaired) electrons. The van der Waals surface area contributed by atoms with Crippen molar-refractivity contribution in [2.75, 3.05) is 0 Å². The fourth-order valence-corrected chi connectivity index (χ4v) is 0.279. The average Bonchev–Trinajstić information content (AvgIpc) is 2.17. The Hall–Kier alpha value is -0.250. The van der Waals surface area contributed by atoms with Gasteiger partial charge in [0.1, 0.15) is 0 Å². The van der Waals surface area contributed by atoms with Crippen molar-refractivity contribution >= 4 is 0 Å². The molecule has 7 heavy (non-hydrogen) atoms. The number of hydrogen-bond acceptors (Lipinski definition) is 1. The third kappa shape index (κ3) is 0.851. The first-order chi connectivity index (χ1) is 3.22. The van der Waals surface area contributed by atoms with Gasteiger partial charge in [-0.05, 0) is 0 Å². The van der Waals surface area contributed by atoms with E-state index in [-0.39, 0.29) is 0 Å². The Balaban J connectivity index is 2.20. The molecule has 2 unspecified atom stereocenters. The second-order valence-electron chi connectivity index (χ2n) is 1.29. The molecule has 0 aromatic rings. The molecule has 0 amide bonds. The normalized spacial score (nSPS) is 39.4. The maximum atomic E-state index is 11.3. The van der Waals surface area contributed by atoms with Crippen LogP contribution in [0.25, 0.3) is 0 Å². The Morgan fingerprint density at radius 3 is 1.86 bits per heavy atom. The van der Waals surface area contributed by atoms with Crippen molar-refractivity contribution in [3.8, 4) is 0 Å². The van der Waals surface area contributed by atoms with Gasteiger partial charge in [0.25, 0.3) is 6.43 Å². The van der Waals surface area contributed by atoms with Crippen molar-refractivity contribution in [2.24, 2.45) is 0 Å². The van der Waals surface area contributed by atoms with Gasteiger partial charge in [-0.3, -0.25) is 0 Å². The summed E-state index contributed by atoms with van der Waals surface area (Å²) in [6.45, 7) is 0. The first-order valence-corrected chi connectivity index (χ1v) is 1.79. The first kappa shape index (κ1) is 4.90. The van der Waals surface area contributed by atoms with Crippen LogP contribution in [0.4, 0.5) is 13.2 Å².